The van der Waals surface area contributed by atoms with E-state index >= 15 is 0 Å². The van der Waals surface area contributed by atoms with Crippen LogP contribution in [0.4, 0.5) is 0 Å². The fourth-order valence-corrected chi connectivity index (χ4v) is 2.87. The molecule has 0 radical (unpaired) electrons. The van der Waals surface area contributed by atoms with Crippen molar-refractivity contribution in [2.45, 2.75) is 13.7 Å². The molecule has 1 aromatic heterocycles. The molecule has 0 aliphatic carbocycles. The standard InChI is InChI=1S/C16H14INO/c1-2-9-19-11-18-15-6-4-3-5-13(15)14-10-12(17)7-8-16(14)18/h2-10H,11H2,1H3. The Morgan fingerprint density at radius 1 is 1.11 bits per heavy atom. The third-order valence-electron chi connectivity index (χ3n) is 3.17. The molecule has 0 saturated heterocycles. The molecule has 0 saturated carbocycles. The molecule has 1 heterocycles. The fraction of sp³-hybridized carbons (Fsp3) is 0.125. The topological polar surface area (TPSA) is 14.2 Å². The monoisotopic (exact) mass is 363 g/mol. The second kappa shape index (κ2) is 5.25. The summed E-state index contributed by atoms with van der Waals surface area (Å²) in [5.41, 5.74) is 2.43. The molecular weight excluding hydrogens is 349 g/mol. The van der Waals surface area contributed by atoms with E-state index in [2.05, 4.69) is 69.6 Å². The number of rotatable bonds is 3. The van der Waals surface area contributed by atoms with Gasteiger partial charge in [-0.3, -0.25) is 0 Å². The number of allylic oxidation sites excluding steroid dienone is 1. The van der Waals surface area contributed by atoms with Gasteiger partial charge in [-0.1, -0.05) is 24.3 Å². The minimum atomic E-state index is 0.537. The van der Waals surface area contributed by atoms with Crippen molar-refractivity contribution in [3.05, 3.63) is 58.4 Å². The Balaban J connectivity index is 2.26. The van der Waals surface area contributed by atoms with Crippen LogP contribution in [0.3, 0.4) is 0 Å². The predicted octanol–water partition coefficient (Wildman–Crippen LogP) is 4.91. The molecule has 0 unspecified atom stereocenters. The lowest BCUT2D eigenvalue weighted by Gasteiger charge is -2.06. The van der Waals surface area contributed by atoms with Crippen molar-refractivity contribution < 1.29 is 4.74 Å². The molecule has 96 valence electrons. The van der Waals surface area contributed by atoms with Crippen LogP contribution in [-0.2, 0) is 11.5 Å². The van der Waals surface area contributed by atoms with Crippen molar-refractivity contribution in [2.24, 2.45) is 0 Å². The highest BCUT2D eigenvalue weighted by atomic mass is 127. The summed E-state index contributed by atoms with van der Waals surface area (Å²) in [5, 5.41) is 2.56. The Morgan fingerprint density at radius 3 is 2.74 bits per heavy atom. The predicted molar refractivity (Wildman–Crippen MR) is 88.1 cm³/mol. The molecule has 0 aliphatic heterocycles. The van der Waals surface area contributed by atoms with Gasteiger partial charge in [0.2, 0.25) is 0 Å². The Labute approximate surface area is 125 Å². The van der Waals surface area contributed by atoms with Gasteiger partial charge in [0.25, 0.3) is 0 Å². The molecule has 3 aromatic rings. The molecule has 0 spiro atoms. The van der Waals surface area contributed by atoms with Gasteiger partial charge >= 0.3 is 0 Å². The number of aromatic nitrogens is 1. The highest BCUT2D eigenvalue weighted by Gasteiger charge is 2.09. The zero-order chi connectivity index (χ0) is 13.2. The Bertz CT molecular complexity index is 758. The number of fused-ring (bicyclic) bond motifs is 3. The van der Waals surface area contributed by atoms with E-state index in [1.54, 1.807) is 6.26 Å². The second-order valence-corrected chi connectivity index (χ2v) is 5.62. The molecule has 0 atom stereocenters. The van der Waals surface area contributed by atoms with Crippen LogP contribution >= 0.6 is 22.6 Å². The number of para-hydroxylation sites is 1. The van der Waals surface area contributed by atoms with Gasteiger partial charge in [0.1, 0.15) is 0 Å². The first-order valence-corrected chi connectivity index (χ1v) is 7.28. The summed E-state index contributed by atoms with van der Waals surface area (Å²) in [7, 11) is 0. The van der Waals surface area contributed by atoms with E-state index in [9.17, 15) is 0 Å². The number of hydrogen-bond donors (Lipinski definition) is 0. The van der Waals surface area contributed by atoms with E-state index < -0.39 is 0 Å². The third kappa shape index (κ3) is 2.23. The quantitative estimate of drug-likeness (QED) is 0.477. The van der Waals surface area contributed by atoms with Crippen LogP contribution in [0.25, 0.3) is 21.8 Å². The largest absolute Gasteiger partial charge is 0.481 e. The van der Waals surface area contributed by atoms with E-state index in [-0.39, 0.29) is 0 Å². The molecule has 0 fully saturated rings. The van der Waals surface area contributed by atoms with E-state index in [4.69, 9.17) is 4.74 Å². The zero-order valence-electron chi connectivity index (χ0n) is 10.6. The average molecular weight is 363 g/mol. The van der Waals surface area contributed by atoms with Crippen molar-refractivity contribution in [1.29, 1.82) is 0 Å². The fourth-order valence-electron chi connectivity index (χ4n) is 2.38. The third-order valence-corrected chi connectivity index (χ3v) is 3.84. The van der Waals surface area contributed by atoms with Crippen LogP contribution in [0.2, 0.25) is 0 Å². The molecular formula is C16H14INO. The highest BCUT2D eigenvalue weighted by molar-refractivity contribution is 14.1. The molecule has 0 bridgehead atoms. The summed E-state index contributed by atoms with van der Waals surface area (Å²) in [6, 6.07) is 15.0. The second-order valence-electron chi connectivity index (χ2n) is 4.37. The number of ether oxygens (including phenoxy) is 1. The molecule has 0 aliphatic rings. The van der Waals surface area contributed by atoms with Crippen molar-refractivity contribution in [3.63, 3.8) is 0 Å². The first-order chi connectivity index (χ1) is 9.31. The molecule has 19 heavy (non-hydrogen) atoms. The minimum absolute atomic E-state index is 0.537. The smallest absolute Gasteiger partial charge is 0.164 e. The molecule has 2 aromatic carbocycles. The molecule has 0 amide bonds. The van der Waals surface area contributed by atoms with Crippen molar-refractivity contribution >= 4 is 44.4 Å². The molecule has 2 nitrogen and oxygen atoms in total. The maximum absolute atomic E-state index is 5.55. The van der Waals surface area contributed by atoms with Crippen molar-refractivity contribution in [1.82, 2.24) is 4.57 Å². The number of benzene rings is 2. The van der Waals surface area contributed by atoms with E-state index in [1.807, 2.05) is 13.0 Å². The van der Waals surface area contributed by atoms with Gasteiger partial charge in [0, 0.05) is 14.3 Å². The zero-order valence-corrected chi connectivity index (χ0v) is 12.8. The lowest BCUT2D eigenvalue weighted by molar-refractivity contribution is 0.183. The van der Waals surface area contributed by atoms with Crippen LogP contribution in [0.15, 0.2) is 54.8 Å². The van der Waals surface area contributed by atoms with Crippen molar-refractivity contribution in [2.75, 3.05) is 0 Å². The Kier molecular flexibility index (Phi) is 3.46. The minimum Gasteiger partial charge on any atom is -0.481 e. The van der Waals surface area contributed by atoms with Gasteiger partial charge in [-0.05, 0) is 53.8 Å². The number of nitrogens with zero attached hydrogens (tertiary/aromatic N) is 1. The number of halogens is 1. The van der Waals surface area contributed by atoms with Gasteiger partial charge in [-0.2, -0.15) is 0 Å². The average Bonchev–Trinajstić information content (AvgIpc) is 2.73. The van der Waals surface area contributed by atoms with Crippen molar-refractivity contribution in [3.8, 4) is 0 Å². The van der Waals surface area contributed by atoms with Gasteiger partial charge in [-0.25, -0.2) is 0 Å². The summed E-state index contributed by atoms with van der Waals surface area (Å²) < 4.78 is 9.02. The normalized spacial score (nSPS) is 11.7. The lowest BCUT2D eigenvalue weighted by Crippen LogP contribution is -1.98. The molecule has 0 N–H and O–H groups in total. The summed E-state index contributed by atoms with van der Waals surface area (Å²) in [6.07, 6.45) is 3.63. The maximum atomic E-state index is 5.55. The molecule has 3 rings (SSSR count). The van der Waals surface area contributed by atoms with E-state index in [0.717, 1.165) is 0 Å². The maximum Gasteiger partial charge on any atom is 0.164 e. The van der Waals surface area contributed by atoms with Gasteiger partial charge < -0.3 is 9.30 Å². The first kappa shape index (κ1) is 12.5. The summed E-state index contributed by atoms with van der Waals surface area (Å²) in [4.78, 5) is 0. The van der Waals surface area contributed by atoms with Crippen LogP contribution in [0, 0.1) is 3.57 Å². The molecule has 3 heteroatoms. The summed E-state index contributed by atoms with van der Waals surface area (Å²) in [5.74, 6) is 0. The SMILES string of the molecule is CC=COCn1c2ccccc2c2cc(I)ccc21. The lowest BCUT2D eigenvalue weighted by atomic mass is 10.2. The van der Waals surface area contributed by atoms with Crippen LogP contribution in [0.1, 0.15) is 6.92 Å². The van der Waals surface area contributed by atoms with Crippen LogP contribution in [-0.4, -0.2) is 4.57 Å². The number of hydrogen-bond acceptors (Lipinski definition) is 1. The Hall–Kier alpha value is -1.49. The van der Waals surface area contributed by atoms with Crippen LogP contribution in [0.5, 0.6) is 0 Å². The van der Waals surface area contributed by atoms with Crippen LogP contribution < -0.4 is 0 Å². The van der Waals surface area contributed by atoms with Gasteiger partial charge in [0.15, 0.2) is 6.73 Å². The van der Waals surface area contributed by atoms with E-state index in [1.165, 1.54) is 25.4 Å². The van der Waals surface area contributed by atoms with Gasteiger partial charge in [-0.15, -0.1) is 0 Å². The highest BCUT2D eigenvalue weighted by Crippen LogP contribution is 2.30. The first-order valence-electron chi connectivity index (χ1n) is 6.20. The summed E-state index contributed by atoms with van der Waals surface area (Å²) >= 11 is 2.35. The van der Waals surface area contributed by atoms with Gasteiger partial charge in [0.05, 0.1) is 17.3 Å². The summed E-state index contributed by atoms with van der Waals surface area (Å²) in [6.45, 7) is 2.49. The van der Waals surface area contributed by atoms with E-state index in [0.29, 0.717) is 6.73 Å². The Morgan fingerprint density at radius 2 is 1.89 bits per heavy atom.